The molecule has 0 saturated heterocycles. The average Bonchev–Trinajstić information content (AvgIpc) is 3.07. The van der Waals surface area contributed by atoms with Gasteiger partial charge in [0.15, 0.2) is 5.13 Å². The molecule has 1 aromatic carbocycles. The van der Waals surface area contributed by atoms with E-state index < -0.39 is 17.6 Å². The average molecular weight is 340 g/mol. The van der Waals surface area contributed by atoms with Crippen LogP contribution in [0.3, 0.4) is 0 Å². The molecule has 1 N–H and O–H groups in total. The molecular formula is C14H11F3N4OS. The molecular weight excluding hydrogens is 329 g/mol. The molecule has 0 unspecified atom stereocenters. The highest BCUT2D eigenvalue weighted by Crippen LogP contribution is 2.35. The monoisotopic (exact) mass is 340 g/mol. The maximum atomic E-state index is 13.1. The zero-order valence-corrected chi connectivity index (χ0v) is 12.7. The number of anilines is 1. The van der Waals surface area contributed by atoms with Gasteiger partial charge in [-0.1, -0.05) is 6.07 Å². The fraction of sp³-hybridized carbons (Fsp3) is 0.214. The number of hydrogen-bond donors (Lipinski definition) is 1. The largest absolute Gasteiger partial charge is 0.417 e. The molecule has 0 aliphatic carbocycles. The van der Waals surface area contributed by atoms with Crippen molar-refractivity contribution in [2.75, 3.05) is 5.32 Å². The second-order valence-electron chi connectivity index (χ2n) is 4.90. The van der Waals surface area contributed by atoms with E-state index in [1.807, 2.05) is 0 Å². The van der Waals surface area contributed by atoms with Gasteiger partial charge in [-0.25, -0.2) is 4.98 Å². The first-order valence-electron chi connectivity index (χ1n) is 6.58. The number of benzene rings is 1. The van der Waals surface area contributed by atoms with E-state index in [1.54, 1.807) is 18.5 Å². The van der Waals surface area contributed by atoms with Gasteiger partial charge in [-0.15, -0.1) is 11.3 Å². The van der Waals surface area contributed by atoms with Gasteiger partial charge >= 0.3 is 6.18 Å². The summed E-state index contributed by atoms with van der Waals surface area (Å²) in [4.78, 5) is 15.8. The van der Waals surface area contributed by atoms with Gasteiger partial charge in [-0.3, -0.25) is 9.48 Å². The van der Waals surface area contributed by atoms with E-state index in [1.165, 1.54) is 28.3 Å². The quantitative estimate of drug-likeness (QED) is 0.794. The molecule has 0 atom stereocenters. The molecule has 120 valence electrons. The Labute approximate surface area is 132 Å². The molecule has 0 aliphatic rings. The van der Waals surface area contributed by atoms with Gasteiger partial charge < -0.3 is 5.32 Å². The summed E-state index contributed by atoms with van der Waals surface area (Å²) in [7, 11) is 0. The number of nitrogens with zero attached hydrogens (tertiary/aromatic N) is 3. The van der Waals surface area contributed by atoms with Crippen molar-refractivity contribution in [1.29, 1.82) is 0 Å². The topological polar surface area (TPSA) is 59.8 Å². The fourth-order valence-electron chi connectivity index (χ4n) is 2.21. The SMILES string of the molecule is Cc1ccc(C(F)(F)F)c2cn(CC(=O)Nc3nccs3)nc12. The van der Waals surface area contributed by atoms with E-state index >= 15 is 0 Å². The summed E-state index contributed by atoms with van der Waals surface area (Å²) in [5.41, 5.74) is 0.0960. The van der Waals surface area contributed by atoms with Crippen LogP contribution in [0.5, 0.6) is 0 Å². The van der Waals surface area contributed by atoms with Gasteiger partial charge in [-0.2, -0.15) is 18.3 Å². The lowest BCUT2D eigenvalue weighted by Gasteiger charge is -2.07. The van der Waals surface area contributed by atoms with E-state index in [9.17, 15) is 18.0 Å². The Morgan fingerprint density at radius 3 is 2.83 bits per heavy atom. The standard InChI is InChI=1S/C14H11F3N4OS/c1-8-2-3-10(14(15,16)17)9-6-21(20-12(8)9)7-11(22)19-13-18-4-5-23-13/h2-6H,7H2,1H3,(H,18,19,22). The number of nitrogens with one attached hydrogen (secondary N) is 1. The Morgan fingerprint density at radius 1 is 1.39 bits per heavy atom. The van der Waals surface area contributed by atoms with Crippen molar-refractivity contribution in [2.45, 2.75) is 19.6 Å². The maximum absolute atomic E-state index is 13.1. The van der Waals surface area contributed by atoms with Crippen molar-refractivity contribution < 1.29 is 18.0 Å². The molecule has 0 aliphatic heterocycles. The zero-order valence-electron chi connectivity index (χ0n) is 11.9. The lowest BCUT2D eigenvalue weighted by Crippen LogP contribution is -2.18. The van der Waals surface area contributed by atoms with Crippen LogP contribution in [-0.4, -0.2) is 20.7 Å². The fourth-order valence-corrected chi connectivity index (χ4v) is 2.75. The number of thiazole rings is 1. The predicted octanol–water partition coefficient (Wildman–Crippen LogP) is 3.46. The Balaban J connectivity index is 1.90. The van der Waals surface area contributed by atoms with Crippen LogP contribution in [0.15, 0.2) is 29.9 Å². The van der Waals surface area contributed by atoms with E-state index in [2.05, 4.69) is 15.4 Å². The van der Waals surface area contributed by atoms with Gasteiger partial charge in [-0.05, 0) is 18.6 Å². The van der Waals surface area contributed by atoms with Crippen molar-refractivity contribution in [3.8, 4) is 0 Å². The van der Waals surface area contributed by atoms with Crippen LogP contribution in [0, 0.1) is 6.92 Å². The third kappa shape index (κ3) is 3.19. The highest BCUT2D eigenvalue weighted by molar-refractivity contribution is 7.13. The Morgan fingerprint density at radius 2 is 2.17 bits per heavy atom. The third-order valence-corrected chi connectivity index (χ3v) is 3.90. The molecule has 3 aromatic rings. The normalized spacial score (nSPS) is 11.8. The number of rotatable bonds is 3. The van der Waals surface area contributed by atoms with Crippen molar-refractivity contribution in [1.82, 2.24) is 14.8 Å². The minimum Gasteiger partial charge on any atom is -0.300 e. The van der Waals surface area contributed by atoms with Crippen LogP contribution in [0.2, 0.25) is 0 Å². The first-order chi connectivity index (χ1) is 10.8. The van der Waals surface area contributed by atoms with Gasteiger partial charge in [0.1, 0.15) is 6.54 Å². The third-order valence-electron chi connectivity index (χ3n) is 3.22. The van der Waals surface area contributed by atoms with Crippen molar-refractivity contribution >= 4 is 33.3 Å². The van der Waals surface area contributed by atoms with Crippen molar-refractivity contribution in [2.24, 2.45) is 0 Å². The van der Waals surface area contributed by atoms with Crippen LogP contribution in [0.4, 0.5) is 18.3 Å². The number of amides is 1. The highest BCUT2D eigenvalue weighted by atomic mass is 32.1. The molecule has 0 saturated carbocycles. The number of carbonyl (C=O) groups is 1. The lowest BCUT2D eigenvalue weighted by atomic mass is 10.1. The van der Waals surface area contributed by atoms with Gasteiger partial charge in [0.2, 0.25) is 5.91 Å². The molecule has 2 heterocycles. The molecule has 0 fully saturated rings. The van der Waals surface area contributed by atoms with Gasteiger partial charge in [0, 0.05) is 23.2 Å². The molecule has 9 heteroatoms. The predicted molar refractivity (Wildman–Crippen MR) is 80.2 cm³/mol. The van der Waals surface area contributed by atoms with E-state index in [-0.39, 0.29) is 17.4 Å². The van der Waals surface area contributed by atoms with Crippen molar-refractivity contribution in [3.05, 3.63) is 41.0 Å². The maximum Gasteiger partial charge on any atom is 0.417 e. The van der Waals surface area contributed by atoms with Gasteiger partial charge in [0.05, 0.1) is 11.1 Å². The second-order valence-corrected chi connectivity index (χ2v) is 5.80. The number of aryl methyl sites for hydroxylation is 1. The Kier molecular flexibility index (Phi) is 3.80. The molecule has 0 radical (unpaired) electrons. The van der Waals surface area contributed by atoms with Crippen molar-refractivity contribution in [3.63, 3.8) is 0 Å². The van der Waals surface area contributed by atoms with Gasteiger partial charge in [0.25, 0.3) is 0 Å². The minimum absolute atomic E-state index is 0.0143. The Hall–Kier alpha value is -2.42. The first-order valence-corrected chi connectivity index (χ1v) is 7.46. The first kappa shape index (κ1) is 15.5. The number of alkyl halides is 3. The van der Waals surface area contributed by atoms with E-state index in [0.29, 0.717) is 10.7 Å². The second kappa shape index (κ2) is 5.65. The van der Waals surface area contributed by atoms with E-state index in [4.69, 9.17) is 0 Å². The summed E-state index contributed by atoms with van der Waals surface area (Å²) in [5, 5.41) is 8.77. The van der Waals surface area contributed by atoms with Crippen LogP contribution in [0.25, 0.3) is 10.9 Å². The smallest absolute Gasteiger partial charge is 0.300 e. The number of aromatic nitrogens is 3. The summed E-state index contributed by atoms with van der Waals surface area (Å²) in [6.45, 7) is 1.49. The molecule has 1 amide bonds. The van der Waals surface area contributed by atoms with Crippen LogP contribution in [-0.2, 0) is 17.5 Å². The molecule has 0 spiro atoms. The number of halogens is 3. The molecule has 5 nitrogen and oxygen atoms in total. The molecule has 23 heavy (non-hydrogen) atoms. The lowest BCUT2D eigenvalue weighted by molar-refractivity contribution is -0.136. The zero-order chi connectivity index (χ0) is 16.6. The Bertz CT molecular complexity index is 855. The molecule has 3 rings (SSSR count). The molecule has 0 bridgehead atoms. The summed E-state index contributed by atoms with van der Waals surface area (Å²) < 4.78 is 40.4. The number of carbonyl (C=O) groups excluding carboxylic acids is 1. The van der Waals surface area contributed by atoms with E-state index in [0.717, 1.165) is 6.07 Å². The molecule has 2 aromatic heterocycles. The summed E-state index contributed by atoms with van der Waals surface area (Å²) in [6.07, 6.45) is -1.68. The number of fused-ring (bicyclic) bond motifs is 1. The van der Waals surface area contributed by atoms with Crippen LogP contribution >= 0.6 is 11.3 Å². The number of hydrogen-bond acceptors (Lipinski definition) is 4. The van der Waals surface area contributed by atoms with Crippen LogP contribution in [0.1, 0.15) is 11.1 Å². The minimum atomic E-state index is -4.47. The highest BCUT2D eigenvalue weighted by Gasteiger charge is 2.33. The van der Waals surface area contributed by atoms with Crippen LogP contribution < -0.4 is 5.32 Å². The summed E-state index contributed by atoms with van der Waals surface area (Å²) in [5.74, 6) is -0.404. The summed E-state index contributed by atoms with van der Waals surface area (Å²) in [6, 6.07) is 2.40. The summed E-state index contributed by atoms with van der Waals surface area (Å²) >= 11 is 1.25.